The molecule has 1 aliphatic heterocycles. The van der Waals surface area contributed by atoms with Crippen molar-refractivity contribution in [1.82, 2.24) is 10.2 Å². The predicted molar refractivity (Wildman–Crippen MR) is 102 cm³/mol. The van der Waals surface area contributed by atoms with Crippen LogP contribution in [0, 0.1) is 5.92 Å². The number of aromatic nitrogens is 2. The molecule has 0 spiro atoms. The fraction of sp³-hybridized carbons (Fsp3) is 0.444. The second-order valence-electron chi connectivity index (χ2n) is 7.26. The molecule has 150 valence electrons. The van der Waals surface area contributed by atoms with Crippen molar-refractivity contribution in [3.8, 4) is 0 Å². The van der Waals surface area contributed by atoms with Crippen molar-refractivity contribution in [1.29, 1.82) is 0 Å². The van der Waals surface area contributed by atoms with Gasteiger partial charge in [-0.3, -0.25) is 14.9 Å². The van der Waals surface area contributed by atoms with Gasteiger partial charge in [-0.2, -0.15) is 0 Å². The average Bonchev–Trinajstić information content (AvgIpc) is 3.20. The Balaban J connectivity index is 1.68. The molecule has 9 nitrogen and oxygen atoms in total. The SMILES string of the molecule is CC(C)CC(=O)Nc1nnc(C2CC(=O)N(c3ccc(S(C)(=O)=O)cc3)C2)o1. The standard InChI is InChI=1S/C18H22N4O5S/c1-11(2)8-15(23)19-18-21-20-17(27-18)12-9-16(24)22(10-12)13-4-6-14(7-5-13)28(3,25)26/h4-7,11-12H,8-10H2,1-3H3,(H,19,21,23). The molecule has 1 atom stereocenters. The molecule has 1 aliphatic rings. The Morgan fingerprint density at radius 3 is 2.57 bits per heavy atom. The predicted octanol–water partition coefficient (Wildman–Crippen LogP) is 1.98. The summed E-state index contributed by atoms with van der Waals surface area (Å²) in [5, 5.41) is 10.3. The van der Waals surface area contributed by atoms with E-state index in [1.54, 1.807) is 17.0 Å². The number of anilines is 2. The van der Waals surface area contributed by atoms with Crippen LogP contribution in [0.5, 0.6) is 0 Å². The maximum absolute atomic E-state index is 12.4. The van der Waals surface area contributed by atoms with E-state index in [0.29, 0.717) is 18.7 Å². The fourth-order valence-electron chi connectivity index (χ4n) is 2.99. The first-order valence-electron chi connectivity index (χ1n) is 8.87. The van der Waals surface area contributed by atoms with Gasteiger partial charge in [-0.25, -0.2) is 8.42 Å². The average molecular weight is 406 g/mol. The third kappa shape index (κ3) is 4.56. The summed E-state index contributed by atoms with van der Waals surface area (Å²) in [6.45, 7) is 4.19. The Labute approximate surface area is 163 Å². The molecular weight excluding hydrogens is 384 g/mol. The number of amides is 2. The van der Waals surface area contributed by atoms with Crippen molar-refractivity contribution in [2.24, 2.45) is 5.92 Å². The van der Waals surface area contributed by atoms with Gasteiger partial charge >= 0.3 is 6.01 Å². The minimum Gasteiger partial charge on any atom is -0.407 e. The van der Waals surface area contributed by atoms with Crippen LogP contribution in [-0.4, -0.2) is 43.2 Å². The van der Waals surface area contributed by atoms with Gasteiger partial charge < -0.3 is 9.32 Å². The van der Waals surface area contributed by atoms with E-state index in [0.717, 1.165) is 6.26 Å². The minimum absolute atomic E-state index is 0.0176. The molecule has 1 aromatic carbocycles. The number of hydrogen-bond acceptors (Lipinski definition) is 7. The van der Waals surface area contributed by atoms with Crippen molar-refractivity contribution < 1.29 is 22.4 Å². The minimum atomic E-state index is -3.30. The Kier molecular flexibility index (Phi) is 5.50. The fourth-order valence-corrected chi connectivity index (χ4v) is 3.62. The number of carbonyl (C=O) groups excluding carboxylic acids is 2. The van der Waals surface area contributed by atoms with Crippen molar-refractivity contribution in [2.75, 3.05) is 23.0 Å². The van der Waals surface area contributed by atoms with E-state index < -0.39 is 9.84 Å². The molecule has 0 saturated carbocycles. The summed E-state index contributed by atoms with van der Waals surface area (Å²) in [7, 11) is -3.30. The van der Waals surface area contributed by atoms with Crippen molar-refractivity contribution >= 4 is 33.4 Å². The molecule has 28 heavy (non-hydrogen) atoms. The van der Waals surface area contributed by atoms with Crippen LogP contribution in [0.25, 0.3) is 0 Å². The van der Waals surface area contributed by atoms with Crippen LogP contribution in [0.15, 0.2) is 33.6 Å². The van der Waals surface area contributed by atoms with Gasteiger partial charge in [-0.15, -0.1) is 5.10 Å². The molecule has 1 saturated heterocycles. The Morgan fingerprint density at radius 2 is 1.96 bits per heavy atom. The lowest BCUT2D eigenvalue weighted by Crippen LogP contribution is -2.24. The number of carbonyl (C=O) groups is 2. The first kappa shape index (κ1) is 20.0. The summed E-state index contributed by atoms with van der Waals surface area (Å²) in [6.07, 6.45) is 1.67. The summed E-state index contributed by atoms with van der Waals surface area (Å²) in [5.74, 6) is -0.146. The van der Waals surface area contributed by atoms with Gasteiger partial charge in [0.1, 0.15) is 0 Å². The van der Waals surface area contributed by atoms with Crippen molar-refractivity contribution in [3.05, 3.63) is 30.2 Å². The van der Waals surface area contributed by atoms with E-state index in [-0.39, 0.29) is 46.9 Å². The third-order valence-electron chi connectivity index (χ3n) is 4.33. The number of rotatable bonds is 6. The highest BCUT2D eigenvalue weighted by Crippen LogP contribution is 2.32. The van der Waals surface area contributed by atoms with E-state index >= 15 is 0 Å². The Morgan fingerprint density at radius 1 is 1.29 bits per heavy atom. The lowest BCUT2D eigenvalue weighted by atomic mass is 10.1. The summed E-state index contributed by atoms with van der Waals surface area (Å²) in [6, 6.07) is 6.16. The lowest BCUT2D eigenvalue weighted by Gasteiger charge is -2.16. The first-order chi connectivity index (χ1) is 13.1. The van der Waals surface area contributed by atoms with Gasteiger partial charge in [-0.1, -0.05) is 18.9 Å². The van der Waals surface area contributed by atoms with Crippen LogP contribution in [0.1, 0.15) is 38.5 Å². The van der Waals surface area contributed by atoms with Crippen LogP contribution >= 0.6 is 0 Å². The van der Waals surface area contributed by atoms with Gasteiger partial charge in [0, 0.05) is 31.3 Å². The molecule has 1 N–H and O–H groups in total. The van der Waals surface area contributed by atoms with Crippen LogP contribution in [0.3, 0.4) is 0 Å². The van der Waals surface area contributed by atoms with Crippen LogP contribution in [0.2, 0.25) is 0 Å². The van der Waals surface area contributed by atoms with Gasteiger partial charge in [0.2, 0.25) is 17.7 Å². The second-order valence-corrected chi connectivity index (χ2v) is 9.28. The largest absolute Gasteiger partial charge is 0.407 e. The zero-order valence-electron chi connectivity index (χ0n) is 15.9. The molecule has 0 aliphatic carbocycles. The first-order valence-corrected chi connectivity index (χ1v) is 10.8. The topological polar surface area (TPSA) is 122 Å². The summed E-state index contributed by atoms with van der Waals surface area (Å²) < 4.78 is 28.6. The smallest absolute Gasteiger partial charge is 0.322 e. The van der Waals surface area contributed by atoms with Gasteiger partial charge in [0.05, 0.1) is 10.8 Å². The van der Waals surface area contributed by atoms with Crippen molar-refractivity contribution in [2.45, 2.75) is 37.5 Å². The van der Waals surface area contributed by atoms with E-state index in [1.165, 1.54) is 12.1 Å². The number of sulfone groups is 1. The lowest BCUT2D eigenvalue weighted by molar-refractivity contribution is -0.118. The van der Waals surface area contributed by atoms with E-state index in [9.17, 15) is 18.0 Å². The Hall–Kier alpha value is -2.75. The highest BCUT2D eigenvalue weighted by Gasteiger charge is 2.35. The number of nitrogens with one attached hydrogen (secondary N) is 1. The number of hydrogen-bond donors (Lipinski definition) is 1. The van der Waals surface area contributed by atoms with Gasteiger partial charge in [0.15, 0.2) is 9.84 Å². The molecule has 2 aromatic rings. The monoisotopic (exact) mass is 406 g/mol. The maximum Gasteiger partial charge on any atom is 0.322 e. The summed E-state index contributed by atoms with van der Waals surface area (Å²) in [4.78, 5) is 25.9. The molecule has 3 rings (SSSR count). The van der Waals surface area contributed by atoms with E-state index in [4.69, 9.17) is 4.42 Å². The molecule has 0 bridgehead atoms. The van der Waals surface area contributed by atoms with E-state index in [2.05, 4.69) is 15.5 Å². The summed E-state index contributed by atoms with van der Waals surface area (Å²) in [5.41, 5.74) is 0.602. The molecule has 1 unspecified atom stereocenters. The number of nitrogens with zero attached hydrogens (tertiary/aromatic N) is 3. The maximum atomic E-state index is 12.4. The molecule has 1 aromatic heterocycles. The van der Waals surface area contributed by atoms with Crippen LogP contribution < -0.4 is 10.2 Å². The Bertz CT molecular complexity index is 982. The normalized spacial score (nSPS) is 17.4. The van der Waals surface area contributed by atoms with Crippen LogP contribution in [-0.2, 0) is 19.4 Å². The summed E-state index contributed by atoms with van der Waals surface area (Å²) >= 11 is 0. The molecule has 2 heterocycles. The highest BCUT2D eigenvalue weighted by atomic mass is 32.2. The van der Waals surface area contributed by atoms with E-state index in [1.807, 2.05) is 13.8 Å². The number of benzene rings is 1. The second kappa shape index (κ2) is 7.70. The highest BCUT2D eigenvalue weighted by molar-refractivity contribution is 7.90. The molecular formula is C18H22N4O5S. The van der Waals surface area contributed by atoms with Crippen molar-refractivity contribution in [3.63, 3.8) is 0 Å². The van der Waals surface area contributed by atoms with Gasteiger partial charge in [-0.05, 0) is 30.2 Å². The quantitative estimate of drug-likeness (QED) is 0.778. The molecule has 10 heteroatoms. The van der Waals surface area contributed by atoms with Crippen LogP contribution in [0.4, 0.5) is 11.7 Å². The third-order valence-corrected chi connectivity index (χ3v) is 5.46. The zero-order chi connectivity index (χ0) is 20.5. The molecule has 0 radical (unpaired) electrons. The van der Waals surface area contributed by atoms with Gasteiger partial charge in [0.25, 0.3) is 0 Å². The molecule has 2 amide bonds. The zero-order valence-corrected chi connectivity index (χ0v) is 16.7. The molecule has 1 fully saturated rings.